The van der Waals surface area contributed by atoms with Gasteiger partial charge in [0.2, 0.25) is 0 Å². The lowest BCUT2D eigenvalue weighted by atomic mass is 10.0. The van der Waals surface area contributed by atoms with E-state index < -0.39 is 0 Å². The Morgan fingerprint density at radius 2 is 2.24 bits per heavy atom. The van der Waals surface area contributed by atoms with Gasteiger partial charge < -0.3 is 9.47 Å². The van der Waals surface area contributed by atoms with Crippen LogP contribution in [0.25, 0.3) is 0 Å². The smallest absolute Gasteiger partial charge is 0.255 e. The van der Waals surface area contributed by atoms with E-state index >= 15 is 0 Å². The lowest BCUT2D eigenvalue weighted by molar-refractivity contribution is 0.304. The molecule has 0 amide bonds. The van der Waals surface area contributed by atoms with Crippen molar-refractivity contribution >= 4 is 11.6 Å². The van der Waals surface area contributed by atoms with Gasteiger partial charge in [0.25, 0.3) is 5.56 Å². The normalized spacial score (nSPS) is 20.4. The van der Waals surface area contributed by atoms with Gasteiger partial charge in [-0.25, -0.2) is 0 Å². The van der Waals surface area contributed by atoms with E-state index in [1.165, 1.54) is 11.3 Å². The third kappa shape index (κ3) is 1.91. The molecule has 92 valence electrons. The zero-order valence-corrected chi connectivity index (χ0v) is 10.8. The van der Waals surface area contributed by atoms with Crippen LogP contribution in [0.1, 0.15) is 35.7 Å². The van der Waals surface area contributed by atoms with Crippen LogP contribution in [-0.2, 0) is 18.8 Å². The van der Waals surface area contributed by atoms with Gasteiger partial charge in [-0.3, -0.25) is 4.79 Å². The molecule has 1 fully saturated rings. The quantitative estimate of drug-likeness (QED) is 0.752. The Balaban J connectivity index is 2.17. The minimum Gasteiger partial charge on any atom is -0.309 e. The summed E-state index contributed by atoms with van der Waals surface area (Å²) in [5.41, 5.74) is 3.45. The number of fused-ring (bicyclic) bond motifs is 1. The van der Waals surface area contributed by atoms with Gasteiger partial charge in [0.1, 0.15) is 0 Å². The van der Waals surface area contributed by atoms with Gasteiger partial charge in [-0.2, -0.15) is 0 Å². The summed E-state index contributed by atoms with van der Waals surface area (Å²) in [4.78, 5) is 14.6. The number of nitrogens with zero attached hydrogens (tertiary/aromatic N) is 2. The first kappa shape index (κ1) is 11.3. The Morgan fingerprint density at radius 3 is 2.88 bits per heavy atom. The SMILES string of the molecule is CN1CCc2c(cc(CCl)c(=O)n2C2CC2)C1. The van der Waals surface area contributed by atoms with E-state index in [9.17, 15) is 4.79 Å². The highest BCUT2D eigenvalue weighted by Gasteiger charge is 2.30. The third-order valence-electron chi connectivity index (χ3n) is 3.73. The number of rotatable bonds is 2. The predicted molar refractivity (Wildman–Crippen MR) is 68.6 cm³/mol. The van der Waals surface area contributed by atoms with Crippen molar-refractivity contribution in [2.24, 2.45) is 0 Å². The molecule has 0 spiro atoms. The van der Waals surface area contributed by atoms with E-state index in [1.54, 1.807) is 0 Å². The van der Waals surface area contributed by atoms with E-state index in [-0.39, 0.29) is 5.56 Å². The molecule has 0 aromatic carbocycles. The van der Waals surface area contributed by atoms with Crippen molar-refractivity contribution in [3.63, 3.8) is 0 Å². The monoisotopic (exact) mass is 252 g/mol. The number of aromatic nitrogens is 1. The molecule has 4 heteroatoms. The molecule has 1 aromatic heterocycles. The number of alkyl halides is 1. The molecular weight excluding hydrogens is 236 g/mol. The lowest BCUT2D eigenvalue weighted by Gasteiger charge is -2.28. The Hall–Kier alpha value is -0.800. The topological polar surface area (TPSA) is 25.2 Å². The number of hydrogen-bond donors (Lipinski definition) is 0. The molecule has 17 heavy (non-hydrogen) atoms. The van der Waals surface area contributed by atoms with E-state index in [2.05, 4.69) is 11.9 Å². The van der Waals surface area contributed by atoms with E-state index in [1.807, 2.05) is 10.6 Å². The predicted octanol–water partition coefficient (Wildman–Crippen LogP) is 1.91. The zero-order valence-electron chi connectivity index (χ0n) is 10.1. The molecule has 3 rings (SSSR count). The van der Waals surface area contributed by atoms with Crippen LogP contribution < -0.4 is 5.56 Å². The molecule has 0 unspecified atom stereocenters. The summed E-state index contributed by atoms with van der Waals surface area (Å²) in [5, 5.41) is 0. The largest absolute Gasteiger partial charge is 0.309 e. The van der Waals surface area contributed by atoms with Crippen LogP contribution >= 0.6 is 11.6 Å². The minimum atomic E-state index is 0.144. The molecule has 0 N–H and O–H groups in total. The van der Waals surface area contributed by atoms with E-state index in [0.717, 1.165) is 37.9 Å². The standard InChI is InChI=1S/C13H17ClN2O/c1-15-5-4-12-10(8-15)6-9(7-14)13(17)16(12)11-2-3-11/h6,11H,2-5,7-8H2,1H3. The van der Waals surface area contributed by atoms with Crippen LogP contribution in [0.3, 0.4) is 0 Å². The summed E-state index contributed by atoms with van der Waals surface area (Å²) >= 11 is 5.88. The van der Waals surface area contributed by atoms with Gasteiger partial charge in [0.15, 0.2) is 0 Å². The summed E-state index contributed by atoms with van der Waals surface area (Å²) in [6.07, 6.45) is 3.28. The van der Waals surface area contributed by atoms with Crippen molar-refractivity contribution in [2.75, 3.05) is 13.6 Å². The molecule has 1 aliphatic carbocycles. The molecule has 1 saturated carbocycles. The molecular formula is C13H17ClN2O. The summed E-state index contributed by atoms with van der Waals surface area (Å²) in [7, 11) is 2.12. The fourth-order valence-corrected chi connectivity index (χ4v) is 2.88. The second-order valence-corrected chi connectivity index (χ2v) is 5.44. The highest BCUT2D eigenvalue weighted by Crippen LogP contribution is 2.36. The maximum atomic E-state index is 12.3. The van der Waals surface area contributed by atoms with Crippen molar-refractivity contribution < 1.29 is 0 Å². The highest BCUT2D eigenvalue weighted by molar-refractivity contribution is 6.17. The molecule has 0 bridgehead atoms. The molecule has 0 saturated heterocycles. The Morgan fingerprint density at radius 1 is 1.47 bits per heavy atom. The summed E-state index contributed by atoms with van der Waals surface area (Å²) < 4.78 is 2.03. The average Bonchev–Trinajstić information content (AvgIpc) is 3.12. The number of halogens is 1. The van der Waals surface area contributed by atoms with Gasteiger partial charge in [-0.15, -0.1) is 11.6 Å². The van der Waals surface area contributed by atoms with Crippen LogP contribution in [0.4, 0.5) is 0 Å². The second-order valence-electron chi connectivity index (χ2n) is 5.17. The van der Waals surface area contributed by atoms with Crippen LogP contribution in [0.15, 0.2) is 10.9 Å². The van der Waals surface area contributed by atoms with Crippen molar-refractivity contribution in [1.29, 1.82) is 0 Å². The molecule has 3 nitrogen and oxygen atoms in total. The minimum absolute atomic E-state index is 0.144. The summed E-state index contributed by atoms with van der Waals surface area (Å²) in [6.45, 7) is 1.98. The van der Waals surface area contributed by atoms with Gasteiger partial charge >= 0.3 is 0 Å². The van der Waals surface area contributed by atoms with Crippen molar-refractivity contribution in [2.45, 2.75) is 37.7 Å². The first-order valence-corrected chi connectivity index (χ1v) is 6.75. The fourth-order valence-electron chi connectivity index (χ4n) is 2.69. The van der Waals surface area contributed by atoms with Crippen molar-refractivity contribution in [1.82, 2.24) is 9.47 Å². The number of pyridine rings is 1. The van der Waals surface area contributed by atoms with Crippen LogP contribution in [0, 0.1) is 0 Å². The molecule has 0 atom stereocenters. The number of hydrogen-bond acceptors (Lipinski definition) is 2. The van der Waals surface area contributed by atoms with Gasteiger partial charge in [-0.1, -0.05) is 0 Å². The van der Waals surface area contributed by atoms with Crippen LogP contribution in [-0.4, -0.2) is 23.1 Å². The maximum Gasteiger partial charge on any atom is 0.255 e. The lowest BCUT2D eigenvalue weighted by Crippen LogP contribution is -2.34. The van der Waals surface area contributed by atoms with Crippen molar-refractivity contribution in [3.05, 3.63) is 33.2 Å². The van der Waals surface area contributed by atoms with Crippen molar-refractivity contribution in [3.8, 4) is 0 Å². The van der Waals surface area contributed by atoms with E-state index in [0.29, 0.717) is 11.9 Å². The van der Waals surface area contributed by atoms with Gasteiger partial charge in [0, 0.05) is 36.8 Å². The average molecular weight is 253 g/mol. The van der Waals surface area contributed by atoms with Crippen LogP contribution in [0.5, 0.6) is 0 Å². The Bertz CT molecular complexity index is 505. The van der Waals surface area contributed by atoms with Crippen LogP contribution in [0.2, 0.25) is 0 Å². The number of likely N-dealkylation sites (N-methyl/N-ethyl adjacent to an activating group) is 1. The first-order valence-electron chi connectivity index (χ1n) is 6.21. The maximum absolute atomic E-state index is 12.3. The van der Waals surface area contributed by atoms with Gasteiger partial charge in [0.05, 0.1) is 5.88 Å². The summed E-state index contributed by atoms with van der Waals surface area (Å²) in [6, 6.07) is 2.46. The molecule has 1 aromatic rings. The zero-order chi connectivity index (χ0) is 12.0. The first-order chi connectivity index (χ1) is 8.20. The second kappa shape index (κ2) is 4.14. The summed E-state index contributed by atoms with van der Waals surface area (Å²) in [5.74, 6) is 0.322. The molecule has 2 aliphatic rings. The molecule has 1 aliphatic heterocycles. The Kier molecular flexibility index (Phi) is 2.75. The molecule has 0 radical (unpaired) electrons. The van der Waals surface area contributed by atoms with Gasteiger partial charge in [-0.05, 0) is 31.5 Å². The third-order valence-corrected chi connectivity index (χ3v) is 4.02. The van der Waals surface area contributed by atoms with E-state index in [4.69, 9.17) is 11.6 Å². The highest BCUT2D eigenvalue weighted by atomic mass is 35.5. The molecule has 2 heterocycles. The Labute approximate surface area is 106 Å². The fraction of sp³-hybridized carbons (Fsp3) is 0.615.